The van der Waals surface area contributed by atoms with Gasteiger partial charge in [0.15, 0.2) is 0 Å². The Kier molecular flexibility index (Phi) is 4.05. The Morgan fingerprint density at radius 2 is 2.04 bits per heavy atom. The lowest BCUT2D eigenvalue weighted by Crippen LogP contribution is -2.52. The van der Waals surface area contributed by atoms with Crippen LogP contribution in [0, 0.1) is 12.3 Å². The van der Waals surface area contributed by atoms with Gasteiger partial charge in [-0.25, -0.2) is 4.98 Å². The Bertz CT molecular complexity index is 977. The smallest absolute Gasteiger partial charge is 0.286 e. The molecule has 27 heavy (non-hydrogen) atoms. The van der Waals surface area contributed by atoms with Crippen molar-refractivity contribution < 1.29 is 9.59 Å². The van der Waals surface area contributed by atoms with E-state index in [1.807, 2.05) is 18.7 Å². The van der Waals surface area contributed by atoms with Gasteiger partial charge in [-0.05, 0) is 40.0 Å². The highest BCUT2D eigenvalue weighted by molar-refractivity contribution is 5.95. The lowest BCUT2D eigenvalue weighted by atomic mass is 9.78. The molecule has 1 N–H and O–H groups in total. The Morgan fingerprint density at radius 3 is 2.78 bits per heavy atom. The first kappa shape index (κ1) is 17.7. The van der Waals surface area contributed by atoms with Gasteiger partial charge in [-0.15, -0.1) is 0 Å². The Morgan fingerprint density at radius 1 is 1.26 bits per heavy atom. The lowest BCUT2D eigenvalue weighted by Gasteiger charge is -2.41. The standard InChI is InChI=1S/C18H24N6O3/c1-11(2)23-7-4-5-18(16(23)27)6-8-22(10-18)14(25)13-9-19-17-20-12(3)21-24(17)15(13)26/h9,11H,4-8,10H2,1-3H3,(H,19,20,21)/t18-/m0/s1. The average molecular weight is 372 g/mol. The van der Waals surface area contributed by atoms with Crippen LogP contribution < -0.4 is 5.56 Å². The summed E-state index contributed by atoms with van der Waals surface area (Å²) in [6, 6.07) is 0.152. The largest absolute Gasteiger partial charge is 0.340 e. The molecule has 0 bridgehead atoms. The van der Waals surface area contributed by atoms with Crippen molar-refractivity contribution in [1.29, 1.82) is 0 Å². The first-order valence-corrected chi connectivity index (χ1v) is 9.37. The number of piperidine rings is 1. The van der Waals surface area contributed by atoms with Gasteiger partial charge in [-0.3, -0.25) is 19.5 Å². The molecule has 2 saturated heterocycles. The quantitative estimate of drug-likeness (QED) is 0.831. The first-order valence-electron chi connectivity index (χ1n) is 9.37. The van der Waals surface area contributed by atoms with Crippen LogP contribution in [-0.2, 0) is 4.79 Å². The maximum atomic E-state index is 13.0. The fourth-order valence-electron chi connectivity index (χ4n) is 4.30. The molecule has 2 aliphatic heterocycles. The molecule has 0 radical (unpaired) electrons. The highest BCUT2D eigenvalue weighted by atomic mass is 16.2. The maximum absolute atomic E-state index is 13.0. The molecule has 0 saturated carbocycles. The number of fused-ring (bicyclic) bond motifs is 1. The lowest BCUT2D eigenvalue weighted by molar-refractivity contribution is -0.147. The molecule has 2 amide bonds. The van der Waals surface area contributed by atoms with Gasteiger partial charge in [0.1, 0.15) is 11.4 Å². The predicted octanol–water partition coefficient (Wildman–Crippen LogP) is 0.589. The molecule has 2 aromatic rings. The number of hydrogen-bond donors (Lipinski definition) is 1. The molecule has 4 heterocycles. The number of hydrogen-bond acceptors (Lipinski definition) is 5. The Balaban J connectivity index is 1.61. The van der Waals surface area contributed by atoms with E-state index < -0.39 is 11.0 Å². The van der Waals surface area contributed by atoms with Crippen LogP contribution in [0.2, 0.25) is 0 Å². The van der Waals surface area contributed by atoms with Crippen molar-refractivity contribution in [2.45, 2.75) is 46.1 Å². The molecular formula is C18H24N6O3. The van der Waals surface area contributed by atoms with E-state index in [0.29, 0.717) is 25.3 Å². The molecule has 1 spiro atoms. The normalized spacial score (nSPS) is 23.2. The fourth-order valence-corrected chi connectivity index (χ4v) is 4.30. The summed E-state index contributed by atoms with van der Waals surface area (Å²) in [4.78, 5) is 50.4. The summed E-state index contributed by atoms with van der Waals surface area (Å²) in [6.45, 7) is 7.35. The van der Waals surface area contributed by atoms with E-state index in [0.717, 1.165) is 19.4 Å². The molecule has 0 aromatic carbocycles. The second kappa shape index (κ2) is 6.17. The Labute approximate surface area is 156 Å². The van der Waals surface area contributed by atoms with Gasteiger partial charge < -0.3 is 9.80 Å². The van der Waals surface area contributed by atoms with E-state index in [1.54, 1.807) is 11.8 Å². The van der Waals surface area contributed by atoms with Crippen molar-refractivity contribution in [2.24, 2.45) is 5.41 Å². The summed E-state index contributed by atoms with van der Waals surface area (Å²) in [5, 5.41) is 2.79. The molecule has 0 aliphatic carbocycles. The minimum Gasteiger partial charge on any atom is -0.340 e. The number of rotatable bonds is 2. The van der Waals surface area contributed by atoms with E-state index in [1.165, 1.54) is 10.7 Å². The van der Waals surface area contributed by atoms with E-state index in [-0.39, 0.29) is 29.2 Å². The number of nitrogens with zero attached hydrogens (tertiary/aromatic N) is 5. The van der Waals surface area contributed by atoms with Gasteiger partial charge in [0.25, 0.3) is 17.2 Å². The van der Waals surface area contributed by atoms with Crippen LogP contribution in [-0.4, -0.2) is 66.9 Å². The van der Waals surface area contributed by atoms with Crippen molar-refractivity contribution >= 4 is 17.6 Å². The van der Waals surface area contributed by atoms with Crippen LogP contribution in [0.4, 0.5) is 0 Å². The van der Waals surface area contributed by atoms with E-state index in [9.17, 15) is 14.4 Å². The summed E-state index contributed by atoms with van der Waals surface area (Å²) < 4.78 is 1.18. The molecule has 4 rings (SSSR count). The molecule has 2 aliphatic rings. The number of carbonyl (C=O) groups excluding carboxylic acids is 2. The molecule has 1 atom stereocenters. The number of nitrogens with one attached hydrogen (secondary N) is 1. The zero-order chi connectivity index (χ0) is 19.3. The van der Waals surface area contributed by atoms with Gasteiger partial charge >= 0.3 is 0 Å². The number of aromatic nitrogens is 4. The van der Waals surface area contributed by atoms with Crippen LogP contribution in [0.1, 0.15) is 49.3 Å². The topological polar surface area (TPSA) is 104 Å². The summed E-state index contributed by atoms with van der Waals surface area (Å²) in [6.07, 6.45) is 3.65. The minimum absolute atomic E-state index is 0.00262. The number of H-pyrrole nitrogens is 1. The molecular weight excluding hydrogens is 348 g/mol. The highest BCUT2D eigenvalue weighted by Gasteiger charge is 2.50. The third-order valence-corrected chi connectivity index (χ3v) is 5.75. The molecule has 144 valence electrons. The van der Waals surface area contributed by atoms with Crippen molar-refractivity contribution in [3.8, 4) is 0 Å². The van der Waals surface area contributed by atoms with E-state index in [4.69, 9.17) is 0 Å². The van der Waals surface area contributed by atoms with E-state index in [2.05, 4.69) is 15.1 Å². The van der Waals surface area contributed by atoms with Crippen LogP contribution >= 0.6 is 0 Å². The van der Waals surface area contributed by atoms with Crippen LogP contribution in [0.3, 0.4) is 0 Å². The summed E-state index contributed by atoms with van der Waals surface area (Å²) in [7, 11) is 0. The van der Waals surface area contributed by atoms with Gasteiger partial charge in [-0.1, -0.05) is 0 Å². The van der Waals surface area contributed by atoms with Crippen LogP contribution in [0.15, 0.2) is 11.0 Å². The molecule has 2 fully saturated rings. The minimum atomic E-state index is -0.517. The van der Waals surface area contributed by atoms with Crippen molar-refractivity contribution in [1.82, 2.24) is 29.4 Å². The highest BCUT2D eigenvalue weighted by Crippen LogP contribution is 2.40. The summed E-state index contributed by atoms with van der Waals surface area (Å²) in [5.74, 6) is 0.543. The zero-order valence-corrected chi connectivity index (χ0v) is 15.9. The van der Waals surface area contributed by atoms with Crippen LogP contribution in [0.5, 0.6) is 0 Å². The number of amides is 2. The third-order valence-electron chi connectivity index (χ3n) is 5.75. The maximum Gasteiger partial charge on any atom is 0.286 e. The summed E-state index contributed by atoms with van der Waals surface area (Å²) >= 11 is 0. The van der Waals surface area contributed by atoms with Crippen molar-refractivity contribution in [2.75, 3.05) is 19.6 Å². The molecule has 0 unspecified atom stereocenters. The SMILES string of the molecule is Cc1nc2ncc(C(=O)N3CC[C@@]4(CCCN(C(C)C)C4=O)C3)c(=O)n2[nH]1. The van der Waals surface area contributed by atoms with Gasteiger partial charge in [-0.2, -0.15) is 9.50 Å². The number of aromatic amines is 1. The van der Waals surface area contributed by atoms with E-state index >= 15 is 0 Å². The molecule has 2 aromatic heterocycles. The predicted molar refractivity (Wildman–Crippen MR) is 97.4 cm³/mol. The summed E-state index contributed by atoms with van der Waals surface area (Å²) in [5.41, 5.74) is -0.987. The van der Waals surface area contributed by atoms with Gasteiger partial charge in [0.05, 0.1) is 5.41 Å². The Hall–Kier alpha value is -2.71. The average Bonchev–Trinajstić information content (AvgIpc) is 3.21. The second-order valence-corrected chi connectivity index (χ2v) is 7.87. The van der Waals surface area contributed by atoms with Gasteiger partial charge in [0, 0.05) is 31.9 Å². The third kappa shape index (κ3) is 2.72. The van der Waals surface area contributed by atoms with Crippen molar-refractivity contribution in [3.05, 3.63) is 27.9 Å². The zero-order valence-electron chi connectivity index (χ0n) is 15.9. The number of carbonyl (C=O) groups is 2. The second-order valence-electron chi connectivity index (χ2n) is 7.87. The van der Waals surface area contributed by atoms with Gasteiger partial charge in [0.2, 0.25) is 5.91 Å². The number of likely N-dealkylation sites (tertiary alicyclic amines) is 2. The monoisotopic (exact) mass is 372 g/mol. The van der Waals surface area contributed by atoms with Crippen molar-refractivity contribution in [3.63, 3.8) is 0 Å². The van der Waals surface area contributed by atoms with Crippen LogP contribution in [0.25, 0.3) is 5.78 Å². The molecule has 9 nitrogen and oxygen atoms in total. The number of aryl methyl sites for hydroxylation is 1. The fraction of sp³-hybridized carbons (Fsp3) is 0.611. The molecule has 9 heteroatoms. The first-order chi connectivity index (χ1) is 12.8.